The van der Waals surface area contributed by atoms with Gasteiger partial charge in [-0.05, 0) is 18.9 Å². The summed E-state index contributed by atoms with van der Waals surface area (Å²) in [4.78, 5) is 4.37. The third-order valence-corrected chi connectivity index (χ3v) is 2.42. The monoisotopic (exact) mass is 188 g/mol. The highest BCUT2D eigenvalue weighted by Crippen LogP contribution is 2.16. The van der Waals surface area contributed by atoms with E-state index >= 15 is 0 Å². The molecule has 1 heterocycles. The molecule has 72 valence electrons. The van der Waals surface area contributed by atoms with Crippen molar-refractivity contribution in [1.29, 1.82) is 0 Å². The van der Waals surface area contributed by atoms with Crippen LogP contribution in [-0.2, 0) is 6.42 Å². The van der Waals surface area contributed by atoms with Crippen LogP contribution in [0.3, 0.4) is 0 Å². The summed E-state index contributed by atoms with van der Waals surface area (Å²) < 4.78 is 0. The smallest absolute Gasteiger partial charge is 0.102 e. The highest BCUT2D eigenvalue weighted by atomic mass is 16.4. The van der Waals surface area contributed by atoms with Gasteiger partial charge in [-0.1, -0.05) is 29.4 Å². The van der Waals surface area contributed by atoms with Gasteiger partial charge in [0.15, 0.2) is 0 Å². The van der Waals surface area contributed by atoms with E-state index in [4.69, 9.17) is 5.21 Å². The second-order valence-electron chi connectivity index (χ2n) is 3.32. The topological polar surface area (TPSA) is 45.0 Å². The summed E-state index contributed by atoms with van der Waals surface area (Å²) in [5.74, 6) is 0. The molecule has 0 spiro atoms. The molecule has 0 atom stereocenters. The van der Waals surface area contributed by atoms with Gasteiger partial charge in [0.2, 0.25) is 0 Å². The fraction of sp³-hybridized carbons (Fsp3) is 0.273. The summed E-state index contributed by atoms with van der Waals surface area (Å²) in [6.45, 7) is 2.54. The third kappa shape index (κ3) is 1.41. The molecule has 0 saturated heterocycles. The average Bonchev–Trinajstić information content (AvgIpc) is 2.27. The second-order valence-corrected chi connectivity index (χ2v) is 3.32. The van der Waals surface area contributed by atoms with E-state index in [0.717, 1.165) is 24.2 Å². The zero-order valence-corrected chi connectivity index (χ0v) is 8.07. The van der Waals surface area contributed by atoms with Crippen molar-refractivity contribution in [3.8, 4) is 0 Å². The van der Waals surface area contributed by atoms with Gasteiger partial charge in [-0.25, -0.2) is 0 Å². The van der Waals surface area contributed by atoms with Crippen LogP contribution in [0.15, 0.2) is 34.4 Å². The highest BCUT2D eigenvalue weighted by molar-refractivity contribution is 6.48. The van der Waals surface area contributed by atoms with Crippen LogP contribution in [0.2, 0.25) is 0 Å². The Bertz CT molecular complexity index is 408. The number of oxime groups is 1. The molecule has 3 heteroatoms. The molecule has 0 bridgehead atoms. The maximum Gasteiger partial charge on any atom is 0.102 e. The molecule has 14 heavy (non-hydrogen) atoms. The quantitative estimate of drug-likeness (QED) is 0.408. The van der Waals surface area contributed by atoms with Crippen LogP contribution in [0.4, 0.5) is 0 Å². The van der Waals surface area contributed by atoms with Crippen molar-refractivity contribution in [1.82, 2.24) is 0 Å². The first-order chi connectivity index (χ1) is 6.83. The average molecular weight is 188 g/mol. The predicted molar refractivity (Wildman–Crippen MR) is 56.4 cm³/mol. The van der Waals surface area contributed by atoms with E-state index in [2.05, 4.69) is 16.2 Å². The largest absolute Gasteiger partial charge is 0.411 e. The number of nitrogens with zero attached hydrogens (tertiary/aromatic N) is 2. The number of hydrogen-bond acceptors (Lipinski definition) is 3. The molecule has 0 unspecified atom stereocenters. The summed E-state index contributed by atoms with van der Waals surface area (Å²) in [6.07, 6.45) is 0.971. The van der Waals surface area contributed by atoms with Crippen LogP contribution in [0.25, 0.3) is 0 Å². The van der Waals surface area contributed by atoms with Crippen molar-refractivity contribution in [3.05, 3.63) is 35.4 Å². The SMILES string of the molecule is CC(=NO)C1=NCCc2ccccc21. The van der Waals surface area contributed by atoms with Crippen molar-refractivity contribution in [3.63, 3.8) is 0 Å². The summed E-state index contributed by atoms with van der Waals surface area (Å²) in [5, 5.41) is 11.9. The van der Waals surface area contributed by atoms with Crippen LogP contribution in [-0.4, -0.2) is 23.2 Å². The molecule has 2 rings (SSSR count). The lowest BCUT2D eigenvalue weighted by Crippen LogP contribution is -2.19. The van der Waals surface area contributed by atoms with Crippen LogP contribution >= 0.6 is 0 Å². The van der Waals surface area contributed by atoms with Crippen LogP contribution < -0.4 is 0 Å². The van der Waals surface area contributed by atoms with E-state index in [9.17, 15) is 0 Å². The first-order valence-corrected chi connectivity index (χ1v) is 4.64. The number of benzene rings is 1. The van der Waals surface area contributed by atoms with Crippen molar-refractivity contribution < 1.29 is 5.21 Å². The van der Waals surface area contributed by atoms with E-state index in [1.54, 1.807) is 6.92 Å². The normalized spacial score (nSPS) is 16.1. The van der Waals surface area contributed by atoms with Crippen molar-refractivity contribution in [2.75, 3.05) is 6.54 Å². The number of hydrogen-bond donors (Lipinski definition) is 1. The van der Waals surface area contributed by atoms with E-state index < -0.39 is 0 Å². The van der Waals surface area contributed by atoms with E-state index in [1.165, 1.54) is 5.56 Å². The molecule has 1 aromatic carbocycles. The first kappa shape index (κ1) is 8.94. The van der Waals surface area contributed by atoms with E-state index in [-0.39, 0.29) is 0 Å². The Labute approximate surface area is 82.8 Å². The molecule has 0 fully saturated rings. The molecule has 1 N–H and O–H groups in total. The van der Waals surface area contributed by atoms with Crippen molar-refractivity contribution in [2.24, 2.45) is 10.1 Å². The lowest BCUT2D eigenvalue weighted by molar-refractivity contribution is 0.320. The zero-order chi connectivity index (χ0) is 9.97. The molecule has 0 saturated carbocycles. The summed E-state index contributed by atoms with van der Waals surface area (Å²) in [7, 11) is 0. The Kier molecular flexibility index (Phi) is 2.31. The predicted octanol–water partition coefficient (Wildman–Crippen LogP) is 1.88. The summed E-state index contributed by atoms with van der Waals surface area (Å²) >= 11 is 0. The van der Waals surface area contributed by atoms with E-state index in [1.807, 2.05) is 18.2 Å². The Morgan fingerprint density at radius 2 is 2.21 bits per heavy atom. The van der Waals surface area contributed by atoms with Gasteiger partial charge in [0.25, 0.3) is 0 Å². The minimum atomic E-state index is 0.581. The van der Waals surface area contributed by atoms with Crippen LogP contribution in [0.5, 0.6) is 0 Å². The number of aliphatic imine (C=N–C) groups is 1. The second kappa shape index (κ2) is 3.62. The maximum atomic E-state index is 8.72. The minimum absolute atomic E-state index is 0.581. The lowest BCUT2D eigenvalue weighted by atomic mass is 9.96. The van der Waals surface area contributed by atoms with Gasteiger partial charge in [0, 0.05) is 12.1 Å². The van der Waals surface area contributed by atoms with Gasteiger partial charge in [-0.15, -0.1) is 0 Å². The molecule has 0 aromatic heterocycles. The first-order valence-electron chi connectivity index (χ1n) is 4.64. The molecule has 1 aromatic rings. The van der Waals surface area contributed by atoms with Gasteiger partial charge in [-0.3, -0.25) is 4.99 Å². The van der Waals surface area contributed by atoms with Gasteiger partial charge in [0.1, 0.15) is 5.71 Å². The Balaban J connectivity index is 2.50. The fourth-order valence-electron chi connectivity index (χ4n) is 1.70. The minimum Gasteiger partial charge on any atom is -0.411 e. The Hall–Kier alpha value is -1.64. The Morgan fingerprint density at radius 3 is 3.00 bits per heavy atom. The number of fused-ring (bicyclic) bond motifs is 1. The van der Waals surface area contributed by atoms with Crippen molar-refractivity contribution in [2.45, 2.75) is 13.3 Å². The molecule has 3 nitrogen and oxygen atoms in total. The maximum absolute atomic E-state index is 8.72. The lowest BCUT2D eigenvalue weighted by Gasteiger charge is -2.15. The molecular formula is C11H12N2O. The van der Waals surface area contributed by atoms with Crippen LogP contribution in [0.1, 0.15) is 18.1 Å². The standard InChI is InChI=1S/C11H12N2O/c1-8(13-14)11-10-5-3-2-4-9(10)6-7-12-11/h2-5,14H,6-7H2,1H3. The molecule has 1 aliphatic heterocycles. The summed E-state index contributed by atoms with van der Waals surface area (Å²) in [5.41, 5.74) is 3.76. The zero-order valence-electron chi connectivity index (χ0n) is 8.07. The molecule has 0 aliphatic carbocycles. The molecule has 1 aliphatic rings. The third-order valence-electron chi connectivity index (χ3n) is 2.42. The molecule has 0 radical (unpaired) electrons. The highest BCUT2D eigenvalue weighted by Gasteiger charge is 2.15. The van der Waals surface area contributed by atoms with Gasteiger partial charge in [-0.2, -0.15) is 0 Å². The van der Waals surface area contributed by atoms with Gasteiger partial charge < -0.3 is 5.21 Å². The van der Waals surface area contributed by atoms with Crippen molar-refractivity contribution >= 4 is 11.4 Å². The molecular weight excluding hydrogens is 176 g/mol. The number of rotatable bonds is 1. The van der Waals surface area contributed by atoms with E-state index in [0.29, 0.717) is 5.71 Å². The van der Waals surface area contributed by atoms with Crippen LogP contribution in [0, 0.1) is 0 Å². The molecule has 0 amide bonds. The van der Waals surface area contributed by atoms with Gasteiger partial charge >= 0.3 is 0 Å². The Morgan fingerprint density at radius 1 is 1.43 bits per heavy atom. The van der Waals surface area contributed by atoms with Gasteiger partial charge in [0.05, 0.1) is 5.71 Å². The summed E-state index contributed by atoms with van der Waals surface area (Å²) in [6, 6.07) is 8.11. The fourth-order valence-corrected chi connectivity index (χ4v) is 1.70.